The van der Waals surface area contributed by atoms with E-state index in [0.29, 0.717) is 12.2 Å². The zero-order chi connectivity index (χ0) is 14.8. The molecule has 1 aromatic rings. The molecular weight excluding hydrogens is 252 g/mol. The fraction of sp³-hybridized carbons (Fsp3) is 0.562. The summed E-state index contributed by atoms with van der Waals surface area (Å²) in [5.74, 6) is 0.0191. The van der Waals surface area contributed by atoms with Crippen LogP contribution in [0.2, 0.25) is 0 Å². The summed E-state index contributed by atoms with van der Waals surface area (Å²) in [7, 11) is 1.72. The van der Waals surface area contributed by atoms with Crippen LogP contribution < -0.4 is 11.1 Å². The largest absolute Gasteiger partial charge is 0.399 e. The zero-order valence-electron chi connectivity index (χ0n) is 12.5. The molecule has 1 fully saturated rings. The maximum Gasteiger partial charge on any atom is 0.230 e. The molecule has 0 unspecified atom stereocenters. The number of rotatable bonds is 5. The molecule has 1 aliphatic carbocycles. The van der Waals surface area contributed by atoms with Crippen LogP contribution in [0.1, 0.15) is 38.7 Å². The number of amides is 1. The molecule has 0 aromatic heterocycles. The first kappa shape index (κ1) is 14.9. The second-order valence-electron chi connectivity index (χ2n) is 6.17. The number of nitrogens with two attached hydrogens (primary N) is 1. The normalized spacial score (nSPS) is 17.4. The SMILES string of the molecule is COC1(CNC(=O)C(C)(C)c2ccc(N)cc2)CCC1. The molecule has 110 valence electrons. The molecule has 0 heterocycles. The fourth-order valence-electron chi connectivity index (χ4n) is 2.52. The minimum atomic E-state index is -0.577. The lowest BCUT2D eigenvalue weighted by molar-refractivity contribution is -0.129. The number of ether oxygens (including phenoxy) is 1. The molecule has 1 saturated carbocycles. The van der Waals surface area contributed by atoms with Gasteiger partial charge in [-0.2, -0.15) is 0 Å². The van der Waals surface area contributed by atoms with Crippen molar-refractivity contribution in [1.29, 1.82) is 0 Å². The standard InChI is InChI=1S/C16H24N2O2/c1-15(2,12-5-7-13(17)8-6-12)14(19)18-11-16(20-3)9-4-10-16/h5-8H,4,9-11,17H2,1-3H3,(H,18,19). The van der Waals surface area contributed by atoms with Crippen LogP contribution in [-0.2, 0) is 14.9 Å². The van der Waals surface area contributed by atoms with Gasteiger partial charge in [-0.15, -0.1) is 0 Å². The van der Waals surface area contributed by atoms with Crippen molar-refractivity contribution in [2.24, 2.45) is 0 Å². The molecule has 3 N–H and O–H groups in total. The lowest BCUT2D eigenvalue weighted by atomic mass is 9.79. The Kier molecular flexibility index (Phi) is 4.04. The molecule has 4 heteroatoms. The maximum atomic E-state index is 12.5. The Labute approximate surface area is 120 Å². The van der Waals surface area contributed by atoms with Gasteiger partial charge in [0.15, 0.2) is 0 Å². The van der Waals surface area contributed by atoms with Gasteiger partial charge in [0.2, 0.25) is 5.91 Å². The van der Waals surface area contributed by atoms with Crippen molar-refractivity contribution in [3.63, 3.8) is 0 Å². The number of carbonyl (C=O) groups is 1. The Hall–Kier alpha value is -1.55. The predicted octanol–water partition coefficient (Wildman–Crippen LogP) is 2.23. The van der Waals surface area contributed by atoms with Crippen LogP contribution in [0.25, 0.3) is 0 Å². The second-order valence-corrected chi connectivity index (χ2v) is 6.17. The van der Waals surface area contributed by atoms with Gasteiger partial charge in [0.25, 0.3) is 0 Å². The molecule has 2 rings (SSSR count). The van der Waals surface area contributed by atoms with E-state index in [-0.39, 0.29) is 11.5 Å². The Morgan fingerprint density at radius 1 is 1.35 bits per heavy atom. The Bertz CT molecular complexity index is 470. The fourth-order valence-corrected chi connectivity index (χ4v) is 2.52. The van der Waals surface area contributed by atoms with Crippen molar-refractivity contribution >= 4 is 11.6 Å². The van der Waals surface area contributed by atoms with Crippen LogP contribution in [0.4, 0.5) is 5.69 Å². The van der Waals surface area contributed by atoms with Crippen molar-refractivity contribution in [3.8, 4) is 0 Å². The van der Waals surface area contributed by atoms with Crippen molar-refractivity contribution in [3.05, 3.63) is 29.8 Å². The lowest BCUT2D eigenvalue weighted by Crippen LogP contribution is -2.52. The molecule has 1 aliphatic rings. The van der Waals surface area contributed by atoms with Crippen LogP contribution in [0.15, 0.2) is 24.3 Å². The zero-order valence-corrected chi connectivity index (χ0v) is 12.5. The first-order chi connectivity index (χ1) is 9.39. The molecule has 1 aromatic carbocycles. The number of hydrogen-bond acceptors (Lipinski definition) is 3. The number of nitrogens with one attached hydrogen (secondary N) is 1. The van der Waals surface area contributed by atoms with Crippen molar-refractivity contribution in [1.82, 2.24) is 5.32 Å². The van der Waals surface area contributed by atoms with Gasteiger partial charge < -0.3 is 15.8 Å². The van der Waals surface area contributed by atoms with Gasteiger partial charge in [0.1, 0.15) is 0 Å². The van der Waals surface area contributed by atoms with Crippen LogP contribution in [0.5, 0.6) is 0 Å². The van der Waals surface area contributed by atoms with Crippen LogP contribution in [0, 0.1) is 0 Å². The number of anilines is 1. The van der Waals surface area contributed by atoms with Crippen LogP contribution in [0.3, 0.4) is 0 Å². The average Bonchev–Trinajstić information content (AvgIpc) is 2.38. The molecule has 4 nitrogen and oxygen atoms in total. The van der Waals surface area contributed by atoms with E-state index in [9.17, 15) is 4.79 Å². The molecule has 0 bridgehead atoms. The Balaban J connectivity index is 2.01. The minimum Gasteiger partial charge on any atom is -0.399 e. The van der Waals surface area contributed by atoms with Gasteiger partial charge in [-0.25, -0.2) is 0 Å². The number of hydrogen-bond donors (Lipinski definition) is 2. The molecule has 0 saturated heterocycles. The highest BCUT2D eigenvalue weighted by atomic mass is 16.5. The molecule has 0 atom stereocenters. The van der Waals surface area contributed by atoms with Gasteiger partial charge in [0.05, 0.1) is 11.0 Å². The number of carbonyl (C=O) groups excluding carboxylic acids is 1. The highest BCUT2D eigenvalue weighted by molar-refractivity contribution is 5.87. The summed E-state index contributed by atoms with van der Waals surface area (Å²) < 4.78 is 5.53. The van der Waals surface area contributed by atoms with Crippen molar-refractivity contribution in [2.75, 3.05) is 19.4 Å². The first-order valence-electron chi connectivity index (χ1n) is 7.09. The van der Waals surface area contributed by atoms with E-state index in [1.54, 1.807) is 7.11 Å². The lowest BCUT2D eigenvalue weighted by Gasteiger charge is -2.41. The summed E-state index contributed by atoms with van der Waals surface area (Å²) in [4.78, 5) is 12.5. The van der Waals surface area contributed by atoms with Crippen LogP contribution in [-0.4, -0.2) is 25.2 Å². The molecule has 0 radical (unpaired) electrons. The third-order valence-electron chi connectivity index (χ3n) is 4.47. The quantitative estimate of drug-likeness (QED) is 0.811. The van der Waals surface area contributed by atoms with Gasteiger partial charge in [0, 0.05) is 19.3 Å². The second kappa shape index (κ2) is 5.44. The van der Waals surface area contributed by atoms with Gasteiger partial charge >= 0.3 is 0 Å². The molecule has 0 aliphatic heterocycles. The third kappa shape index (κ3) is 2.80. The maximum absolute atomic E-state index is 12.5. The van der Waals surface area contributed by atoms with E-state index < -0.39 is 5.41 Å². The molecule has 0 spiro atoms. The molecular formula is C16H24N2O2. The highest BCUT2D eigenvalue weighted by Crippen LogP contribution is 2.34. The topological polar surface area (TPSA) is 64.3 Å². The Morgan fingerprint density at radius 3 is 2.40 bits per heavy atom. The van der Waals surface area contributed by atoms with E-state index in [2.05, 4.69) is 5.32 Å². The minimum absolute atomic E-state index is 0.0191. The smallest absolute Gasteiger partial charge is 0.230 e. The van der Waals surface area contributed by atoms with Gasteiger partial charge in [-0.1, -0.05) is 12.1 Å². The van der Waals surface area contributed by atoms with E-state index in [0.717, 1.165) is 18.4 Å². The van der Waals surface area contributed by atoms with Gasteiger partial charge in [-0.3, -0.25) is 4.79 Å². The van der Waals surface area contributed by atoms with Crippen molar-refractivity contribution < 1.29 is 9.53 Å². The third-order valence-corrected chi connectivity index (χ3v) is 4.47. The van der Waals surface area contributed by atoms with Crippen molar-refractivity contribution in [2.45, 2.75) is 44.1 Å². The Morgan fingerprint density at radius 2 is 1.95 bits per heavy atom. The van der Waals surface area contributed by atoms with E-state index in [4.69, 9.17) is 10.5 Å². The molecule has 20 heavy (non-hydrogen) atoms. The van der Waals surface area contributed by atoms with E-state index >= 15 is 0 Å². The number of nitrogen functional groups attached to an aromatic ring is 1. The highest BCUT2D eigenvalue weighted by Gasteiger charge is 2.39. The summed E-state index contributed by atoms with van der Waals surface area (Å²) in [6.45, 7) is 4.43. The van der Waals surface area contributed by atoms with E-state index in [1.165, 1.54) is 6.42 Å². The average molecular weight is 276 g/mol. The predicted molar refractivity (Wildman–Crippen MR) is 80.5 cm³/mol. The summed E-state index contributed by atoms with van der Waals surface area (Å²) in [5.41, 5.74) is 6.63. The summed E-state index contributed by atoms with van der Waals surface area (Å²) in [6, 6.07) is 7.47. The number of methoxy groups -OCH3 is 1. The summed E-state index contributed by atoms with van der Waals surface area (Å²) >= 11 is 0. The van der Waals surface area contributed by atoms with E-state index in [1.807, 2.05) is 38.1 Å². The summed E-state index contributed by atoms with van der Waals surface area (Å²) in [6.07, 6.45) is 3.21. The molecule has 1 amide bonds. The summed E-state index contributed by atoms with van der Waals surface area (Å²) in [5, 5.41) is 3.03. The first-order valence-corrected chi connectivity index (χ1v) is 7.09. The van der Waals surface area contributed by atoms with Gasteiger partial charge in [-0.05, 0) is 50.8 Å². The monoisotopic (exact) mass is 276 g/mol. The number of benzene rings is 1. The van der Waals surface area contributed by atoms with Crippen LogP contribution >= 0.6 is 0 Å².